The summed E-state index contributed by atoms with van der Waals surface area (Å²) in [6.45, 7) is 0. The third-order valence-corrected chi connectivity index (χ3v) is 4.66. The molecule has 1 aliphatic rings. The summed E-state index contributed by atoms with van der Waals surface area (Å²) in [4.78, 5) is 4.78. The number of nitrogens with one attached hydrogen (secondary N) is 1. The number of fused-ring (bicyclic) bond motifs is 1. The first-order valence-electron chi connectivity index (χ1n) is 8.69. The Morgan fingerprint density at radius 3 is 2.36 bits per heavy atom. The van der Waals surface area contributed by atoms with Crippen LogP contribution in [0.5, 0.6) is 11.5 Å². The summed E-state index contributed by atoms with van der Waals surface area (Å²) in [6, 6.07) is 21.1. The second kappa shape index (κ2) is 7.74. The Kier molecular flexibility index (Phi) is 5.00. The predicted octanol–water partition coefficient (Wildman–Crippen LogP) is 4.79. The fourth-order valence-corrected chi connectivity index (χ4v) is 3.21. The summed E-state index contributed by atoms with van der Waals surface area (Å²) >= 11 is 6.27. The number of halogens is 1. The van der Waals surface area contributed by atoms with Gasteiger partial charge in [-0.15, -0.1) is 0 Å². The van der Waals surface area contributed by atoms with Gasteiger partial charge >= 0.3 is 0 Å². The van der Waals surface area contributed by atoms with Crippen LogP contribution in [0.4, 0.5) is 5.69 Å². The maximum absolute atomic E-state index is 6.27. The van der Waals surface area contributed by atoms with Crippen molar-refractivity contribution < 1.29 is 9.47 Å². The van der Waals surface area contributed by atoms with E-state index in [1.807, 2.05) is 66.7 Å². The highest BCUT2D eigenvalue weighted by Gasteiger charge is 2.19. The Morgan fingerprint density at radius 2 is 1.61 bits per heavy atom. The van der Waals surface area contributed by atoms with Gasteiger partial charge in [-0.05, 0) is 36.4 Å². The summed E-state index contributed by atoms with van der Waals surface area (Å²) in [5, 5.41) is 5.26. The van der Waals surface area contributed by atoms with Crippen molar-refractivity contribution >= 4 is 28.8 Å². The van der Waals surface area contributed by atoms with Crippen LogP contribution < -0.4 is 14.9 Å². The maximum atomic E-state index is 6.27. The van der Waals surface area contributed by atoms with Crippen molar-refractivity contribution in [2.24, 2.45) is 10.1 Å². The van der Waals surface area contributed by atoms with E-state index in [1.54, 1.807) is 14.2 Å². The molecular formula is C22H18ClN3O2. The highest BCUT2D eigenvalue weighted by atomic mass is 35.5. The topological polar surface area (TPSA) is 55.2 Å². The number of amidine groups is 1. The van der Waals surface area contributed by atoms with Crippen LogP contribution in [0.3, 0.4) is 0 Å². The number of aliphatic imine (C=N–C) groups is 1. The Hall–Kier alpha value is -3.31. The van der Waals surface area contributed by atoms with Crippen molar-refractivity contribution in [2.45, 2.75) is 0 Å². The molecule has 4 rings (SSSR count). The van der Waals surface area contributed by atoms with Gasteiger partial charge in [0.15, 0.2) is 17.3 Å². The molecule has 0 aromatic heterocycles. The normalized spacial score (nSPS) is 12.8. The summed E-state index contributed by atoms with van der Waals surface area (Å²) in [7, 11) is 3.22. The van der Waals surface area contributed by atoms with E-state index >= 15 is 0 Å². The van der Waals surface area contributed by atoms with Gasteiger partial charge in [-0.25, -0.2) is 4.99 Å². The van der Waals surface area contributed by atoms with E-state index in [0.29, 0.717) is 28.1 Å². The van der Waals surface area contributed by atoms with Crippen molar-refractivity contribution in [2.75, 3.05) is 14.2 Å². The number of methoxy groups -OCH3 is 2. The lowest BCUT2D eigenvalue weighted by Crippen LogP contribution is -2.19. The summed E-state index contributed by atoms with van der Waals surface area (Å²) in [5.41, 5.74) is 7.23. The van der Waals surface area contributed by atoms with Gasteiger partial charge in [-0.1, -0.05) is 41.9 Å². The number of benzene rings is 3. The monoisotopic (exact) mass is 391 g/mol. The van der Waals surface area contributed by atoms with Crippen molar-refractivity contribution in [1.82, 2.24) is 5.43 Å². The lowest BCUT2D eigenvalue weighted by atomic mass is 10.0. The van der Waals surface area contributed by atoms with Gasteiger partial charge in [0.2, 0.25) is 0 Å². The minimum Gasteiger partial charge on any atom is -0.493 e. The molecule has 5 nitrogen and oxygen atoms in total. The zero-order valence-electron chi connectivity index (χ0n) is 15.4. The minimum atomic E-state index is 0.616. The smallest absolute Gasteiger partial charge is 0.161 e. The summed E-state index contributed by atoms with van der Waals surface area (Å²) in [5.74, 6) is 1.94. The van der Waals surface area contributed by atoms with E-state index in [2.05, 4.69) is 10.5 Å². The molecule has 3 aromatic carbocycles. The number of hydrogen-bond donors (Lipinski definition) is 1. The molecule has 0 saturated carbocycles. The van der Waals surface area contributed by atoms with Crippen molar-refractivity contribution in [1.29, 1.82) is 0 Å². The third kappa shape index (κ3) is 3.44. The lowest BCUT2D eigenvalue weighted by molar-refractivity contribution is 0.355. The minimum absolute atomic E-state index is 0.616. The van der Waals surface area contributed by atoms with Crippen molar-refractivity contribution in [3.8, 4) is 11.5 Å². The molecule has 6 heteroatoms. The first kappa shape index (κ1) is 18.1. The van der Waals surface area contributed by atoms with Crippen molar-refractivity contribution in [3.05, 3.63) is 88.4 Å². The molecule has 3 aromatic rings. The Bertz CT molecular complexity index is 1080. The van der Waals surface area contributed by atoms with E-state index in [-0.39, 0.29) is 0 Å². The molecule has 28 heavy (non-hydrogen) atoms. The van der Waals surface area contributed by atoms with E-state index in [0.717, 1.165) is 22.4 Å². The van der Waals surface area contributed by atoms with E-state index in [4.69, 9.17) is 26.1 Å². The molecule has 0 bridgehead atoms. The number of hydrazone groups is 1. The quantitative estimate of drug-likeness (QED) is 0.695. The standard InChI is InChI=1S/C22H18ClN3O2/c1-27-19-11-8-15(12-20(19)28-2)21-17-13-16(23)9-10-18(17)24-22(26-25-21)14-6-4-3-5-7-14/h3-13H,1-2H3,(H,24,26). The molecule has 0 atom stereocenters. The number of nitrogens with zero attached hydrogens (tertiary/aromatic N) is 2. The third-order valence-electron chi connectivity index (χ3n) is 4.42. The molecule has 1 aliphatic heterocycles. The SMILES string of the molecule is COc1ccc(C2=NNC(c3ccccc3)=Nc3ccc(Cl)cc32)cc1OC. The van der Waals surface area contributed by atoms with Crippen LogP contribution in [0.25, 0.3) is 0 Å². The molecule has 0 unspecified atom stereocenters. The van der Waals surface area contributed by atoms with Gasteiger partial charge in [0.05, 0.1) is 19.9 Å². The summed E-state index contributed by atoms with van der Waals surface area (Å²) < 4.78 is 10.8. The molecule has 140 valence electrons. The number of rotatable bonds is 4. The molecule has 0 saturated heterocycles. The average Bonchev–Trinajstić information content (AvgIpc) is 2.93. The van der Waals surface area contributed by atoms with E-state index in [1.165, 1.54) is 0 Å². The van der Waals surface area contributed by atoms with Gasteiger partial charge in [0, 0.05) is 21.7 Å². The number of ether oxygens (including phenoxy) is 2. The van der Waals surface area contributed by atoms with Crippen LogP contribution in [0.1, 0.15) is 16.7 Å². The van der Waals surface area contributed by atoms with Gasteiger partial charge in [0.1, 0.15) is 5.71 Å². The first-order valence-corrected chi connectivity index (χ1v) is 9.07. The molecule has 1 N–H and O–H groups in total. The fourth-order valence-electron chi connectivity index (χ4n) is 3.04. The second-order valence-corrected chi connectivity index (χ2v) is 6.57. The highest BCUT2D eigenvalue weighted by molar-refractivity contribution is 6.31. The van der Waals surface area contributed by atoms with Crippen LogP contribution in [0, 0.1) is 0 Å². The molecule has 0 aliphatic carbocycles. The van der Waals surface area contributed by atoms with Gasteiger partial charge in [-0.2, -0.15) is 5.10 Å². The van der Waals surface area contributed by atoms with Crippen LogP contribution in [0.2, 0.25) is 5.02 Å². The zero-order chi connectivity index (χ0) is 19.5. The average molecular weight is 392 g/mol. The summed E-state index contributed by atoms with van der Waals surface area (Å²) in [6.07, 6.45) is 0. The van der Waals surface area contributed by atoms with E-state index < -0.39 is 0 Å². The van der Waals surface area contributed by atoms with Gasteiger partial charge < -0.3 is 9.47 Å². The predicted molar refractivity (Wildman–Crippen MR) is 112 cm³/mol. The van der Waals surface area contributed by atoms with Gasteiger partial charge in [-0.3, -0.25) is 5.43 Å². The molecular weight excluding hydrogens is 374 g/mol. The Morgan fingerprint density at radius 1 is 0.821 bits per heavy atom. The molecule has 0 fully saturated rings. The first-order chi connectivity index (χ1) is 13.7. The lowest BCUT2D eigenvalue weighted by Gasteiger charge is -2.12. The maximum Gasteiger partial charge on any atom is 0.161 e. The molecule has 0 amide bonds. The molecule has 1 heterocycles. The zero-order valence-corrected chi connectivity index (χ0v) is 16.2. The largest absolute Gasteiger partial charge is 0.493 e. The highest BCUT2D eigenvalue weighted by Crippen LogP contribution is 2.32. The van der Waals surface area contributed by atoms with Crippen LogP contribution >= 0.6 is 11.6 Å². The van der Waals surface area contributed by atoms with Crippen molar-refractivity contribution in [3.63, 3.8) is 0 Å². The van der Waals surface area contributed by atoms with E-state index in [9.17, 15) is 0 Å². The van der Waals surface area contributed by atoms with Crippen LogP contribution in [0.15, 0.2) is 76.8 Å². The fraction of sp³-hybridized carbons (Fsp3) is 0.0909. The van der Waals surface area contributed by atoms with Gasteiger partial charge in [0.25, 0.3) is 0 Å². The molecule has 0 spiro atoms. The molecule has 0 radical (unpaired) electrons. The van der Waals surface area contributed by atoms with Crippen LogP contribution in [-0.2, 0) is 0 Å². The second-order valence-electron chi connectivity index (χ2n) is 6.13. The van der Waals surface area contributed by atoms with Crippen LogP contribution in [-0.4, -0.2) is 25.8 Å². The Labute approximate surface area is 168 Å². The Balaban J connectivity index is 1.86. The number of hydrogen-bond acceptors (Lipinski definition) is 5.